The quantitative estimate of drug-likeness (QED) is 0.613. The van der Waals surface area contributed by atoms with Crippen molar-refractivity contribution in [2.24, 2.45) is 5.41 Å². The maximum absolute atomic E-state index is 13.3. The molecule has 0 radical (unpaired) electrons. The van der Waals surface area contributed by atoms with Gasteiger partial charge in [-0.05, 0) is 11.8 Å². The fourth-order valence-corrected chi connectivity index (χ4v) is 2.35. The highest BCUT2D eigenvalue weighted by Crippen LogP contribution is 2.52. The number of hydrogen-bond donors (Lipinski definition) is 1. The van der Waals surface area contributed by atoms with Crippen LogP contribution in [0, 0.1) is 5.41 Å². The number of carbonyl (C=O) groups excluding carboxylic acids is 1. The monoisotopic (exact) mass is 365 g/mol. The minimum absolute atomic E-state index is 0.145. The zero-order valence-corrected chi connectivity index (χ0v) is 13.1. The Balaban J connectivity index is 3.43. The standard InChI is InChI=1S/C13H17F6NO4/c1-10(2,3)4-5-20-7(6-8(21)22)9(23)24-11(20,12(14,15)16)13(17,18)19/h7H,4-6H2,1-3H3,(H,21,22). The Morgan fingerprint density at radius 3 is 1.96 bits per heavy atom. The summed E-state index contributed by atoms with van der Waals surface area (Å²) in [5, 5.41) is 8.72. The van der Waals surface area contributed by atoms with Crippen LogP contribution in [0.1, 0.15) is 33.6 Å². The van der Waals surface area contributed by atoms with E-state index in [2.05, 4.69) is 4.74 Å². The van der Waals surface area contributed by atoms with E-state index in [1.54, 1.807) is 20.8 Å². The summed E-state index contributed by atoms with van der Waals surface area (Å²) in [7, 11) is 0. The van der Waals surface area contributed by atoms with Crippen LogP contribution in [-0.4, -0.2) is 52.6 Å². The molecule has 1 N–H and O–H groups in total. The van der Waals surface area contributed by atoms with Crippen LogP contribution in [0.5, 0.6) is 0 Å². The lowest BCUT2D eigenvalue weighted by Crippen LogP contribution is -2.67. The number of carboxylic acid groups (broad SMARTS) is 1. The minimum Gasteiger partial charge on any atom is -0.481 e. The number of esters is 1. The third-order valence-electron chi connectivity index (χ3n) is 3.54. The number of carboxylic acids is 1. The predicted molar refractivity (Wildman–Crippen MR) is 67.8 cm³/mol. The van der Waals surface area contributed by atoms with Gasteiger partial charge in [0.1, 0.15) is 6.04 Å². The van der Waals surface area contributed by atoms with Crippen LogP contribution < -0.4 is 0 Å². The number of rotatable bonds is 4. The summed E-state index contributed by atoms with van der Waals surface area (Å²) in [6.07, 6.45) is -13.3. The highest BCUT2D eigenvalue weighted by molar-refractivity contribution is 5.84. The molecular formula is C13H17F6NO4. The smallest absolute Gasteiger partial charge is 0.453 e. The van der Waals surface area contributed by atoms with E-state index in [0.717, 1.165) is 0 Å². The van der Waals surface area contributed by atoms with Crippen LogP contribution in [0.3, 0.4) is 0 Å². The Morgan fingerprint density at radius 1 is 1.17 bits per heavy atom. The number of ether oxygens (including phenoxy) is 1. The van der Waals surface area contributed by atoms with E-state index in [4.69, 9.17) is 5.11 Å². The van der Waals surface area contributed by atoms with Gasteiger partial charge in [-0.25, -0.2) is 4.90 Å². The maximum atomic E-state index is 13.3. The first-order valence-electron chi connectivity index (χ1n) is 6.88. The highest BCUT2D eigenvalue weighted by atomic mass is 19.4. The van der Waals surface area contributed by atoms with E-state index in [0.29, 0.717) is 0 Å². The SMILES string of the molecule is CC(C)(C)CCN1C(CC(=O)O)C(=O)OC1(C(F)(F)F)C(F)(F)F. The molecule has 0 aromatic heterocycles. The summed E-state index contributed by atoms with van der Waals surface area (Å²) in [5.41, 5.74) is -5.50. The first-order valence-corrected chi connectivity index (χ1v) is 6.88. The van der Waals surface area contributed by atoms with Gasteiger partial charge in [0.2, 0.25) is 0 Å². The Hall–Kier alpha value is -1.52. The van der Waals surface area contributed by atoms with Crippen molar-refractivity contribution in [3.63, 3.8) is 0 Å². The molecule has 0 aromatic rings. The second-order valence-corrected chi connectivity index (χ2v) is 6.68. The van der Waals surface area contributed by atoms with Crippen LogP contribution in [0.2, 0.25) is 0 Å². The second-order valence-electron chi connectivity index (χ2n) is 6.68. The van der Waals surface area contributed by atoms with Crippen LogP contribution in [0.25, 0.3) is 0 Å². The van der Waals surface area contributed by atoms with Gasteiger partial charge in [-0.3, -0.25) is 9.59 Å². The van der Waals surface area contributed by atoms with Gasteiger partial charge < -0.3 is 9.84 Å². The van der Waals surface area contributed by atoms with Crippen molar-refractivity contribution in [1.29, 1.82) is 0 Å². The Labute approximate surface area is 133 Å². The first kappa shape index (κ1) is 20.5. The summed E-state index contributed by atoms with van der Waals surface area (Å²) < 4.78 is 83.4. The third-order valence-corrected chi connectivity index (χ3v) is 3.54. The second kappa shape index (κ2) is 6.08. The molecule has 0 spiro atoms. The Kier molecular flexibility index (Phi) is 5.20. The molecule has 0 saturated carbocycles. The number of nitrogens with zero attached hydrogens (tertiary/aromatic N) is 1. The van der Waals surface area contributed by atoms with Gasteiger partial charge in [-0.15, -0.1) is 0 Å². The molecule has 0 bridgehead atoms. The highest BCUT2D eigenvalue weighted by Gasteiger charge is 2.81. The fourth-order valence-electron chi connectivity index (χ4n) is 2.35. The van der Waals surface area contributed by atoms with Crippen molar-refractivity contribution >= 4 is 11.9 Å². The summed E-state index contributed by atoms with van der Waals surface area (Å²) in [6, 6.07) is -2.17. The summed E-state index contributed by atoms with van der Waals surface area (Å²) in [6.45, 7) is 3.94. The number of alkyl halides is 6. The molecule has 1 rings (SSSR count). The maximum Gasteiger partial charge on any atom is 0.453 e. The molecule has 1 saturated heterocycles. The van der Waals surface area contributed by atoms with Crippen molar-refractivity contribution in [2.75, 3.05) is 6.54 Å². The lowest BCUT2D eigenvalue weighted by atomic mass is 9.91. The molecule has 1 heterocycles. The molecule has 1 aliphatic rings. The van der Waals surface area contributed by atoms with Crippen molar-refractivity contribution < 1.29 is 45.8 Å². The van der Waals surface area contributed by atoms with Crippen LogP contribution in [-0.2, 0) is 14.3 Å². The van der Waals surface area contributed by atoms with Crippen molar-refractivity contribution in [3.05, 3.63) is 0 Å². The van der Waals surface area contributed by atoms with Gasteiger partial charge in [-0.2, -0.15) is 26.3 Å². The van der Waals surface area contributed by atoms with Gasteiger partial charge in [0.25, 0.3) is 0 Å². The zero-order chi connectivity index (χ0) is 19.1. The summed E-state index contributed by atoms with van der Waals surface area (Å²) in [5.74, 6) is -3.57. The van der Waals surface area contributed by atoms with Gasteiger partial charge in [-0.1, -0.05) is 20.8 Å². The predicted octanol–water partition coefficient (Wildman–Crippen LogP) is 2.95. The van der Waals surface area contributed by atoms with Crippen molar-refractivity contribution in [3.8, 4) is 0 Å². The number of aliphatic carboxylic acids is 1. The molecule has 1 atom stereocenters. The molecule has 1 unspecified atom stereocenters. The number of cyclic esters (lactones) is 1. The van der Waals surface area contributed by atoms with Crippen molar-refractivity contribution in [2.45, 2.75) is 57.7 Å². The van der Waals surface area contributed by atoms with Crippen LogP contribution >= 0.6 is 0 Å². The van der Waals surface area contributed by atoms with E-state index in [9.17, 15) is 35.9 Å². The lowest BCUT2D eigenvalue weighted by molar-refractivity contribution is -0.402. The molecule has 5 nitrogen and oxygen atoms in total. The van der Waals surface area contributed by atoms with E-state index in [1.165, 1.54) is 0 Å². The average Bonchev–Trinajstić information content (AvgIpc) is 2.58. The fraction of sp³-hybridized carbons (Fsp3) is 0.846. The molecule has 1 aliphatic heterocycles. The number of halogens is 6. The van der Waals surface area contributed by atoms with Crippen LogP contribution in [0.15, 0.2) is 0 Å². The number of carbonyl (C=O) groups is 2. The molecular weight excluding hydrogens is 348 g/mol. The largest absolute Gasteiger partial charge is 0.481 e. The van der Waals surface area contributed by atoms with E-state index >= 15 is 0 Å². The molecule has 11 heteroatoms. The zero-order valence-electron chi connectivity index (χ0n) is 13.1. The normalized spacial score (nSPS) is 22.5. The molecule has 24 heavy (non-hydrogen) atoms. The van der Waals surface area contributed by atoms with Crippen molar-refractivity contribution in [1.82, 2.24) is 4.90 Å². The van der Waals surface area contributed by atoms with E-state index in [1.807, 2.05) is 0 Å². The topological polar surface area (TPSA) is 66.8 Å². The summed E-state index contributed by atoms with van der Waals surface area (Å²) >= 11 is 0. The molecule has 140 valence electrons. The first-order chi connectivity index (χ1) is 10.5. The average molecular weight is 365 g/mol. The van der Waals surface area contributed by atoms with Crippen LogP contribution in [0.4, 0.5) is 26.3 Å². The Bertz CT molecular complexity index is 494. The third kappa shape index (κ3) is 3.76. The lowest BCUT2D eigenvalue weighted by Gasteiger charge is -2.40. The van der Waals surface area contributed by atoms with Gasteiger partial charge in [0, 0.05) is 6.54 Å². The van der Waals surface area contributed by atoms with E-state index in [-0.39, 0.29) is 11.3 Å². The molecule has 0 amide bonds. The minimum atomic E-state index is -5.98. The summed E-state index contributed by atoms with van der Waals surface area (Å²) in [4.78, 5) is 22.2. The van der Waals surface area contributed by atoms with Gasteiger partial charge in [0.15, 0.2) is 0 Å². The molecule has 0 aromatic carbocycles. The molecule has 1 fully saturated rings. The van der Waals surface area contributed by atoms with Gasteiger partial charge in [0.05, 0.1) is 6.42 Å². The molecule has 0 aliphatic carbocycles. The van der Waals surface area contributed by atoms with E-state index < -0.39 is 54.4 Å². The Morgan fingerprint density at radius 2 is 1.62 bits per heavy atom. The number of hydrogen-bond acceptors (Lipinski definition) is 4. The van der Waals surface area contributed by atoms with Gasteiger partial charge >= 0.3 is 30.0 Å².